The van der Waals surface area contributed by atoms with Crippen molar-refractivity contribution in [1.29, 1.82) is 0 Å². The number of benzene rings is 3. The number of esters is 1. The largest absolute Gasteiger partial charge is 0.493 e. The van der Waals surface area contributed by atoms with Crippen LogP contribution in [-0.4, -0.2) is 18.9 Å². The lowest BCUT2D eigenvalue weighted by atomic mass is 10.0. The number of hydrogen-bond donors (Lipinski definition) is 0. The molecule has 0 aliphatic heterocycles. The monoisotopic (exact) mass is 440 g/mol. The highest BCUT2D eigenvalue weighted by Crippen LogP contribution is 2.30. The van der Waals surface area contributed by atoms with Crippen LogP contribution in [0.5, 0.6) is 11.5 Å². The second-order valence-corrected chi connectivity index (χ2v) is 7.87. The maximum atomic E-state index is 12.6. The lowest BCUT2D eigenvalue weighted by molar-refractivity contribution is 0.0734. The van der Waals surface area contributed by atoms with Crippen molar-refractivity contribution in [1.82, 2.24) is 0 Å². The number of ketones is 1. The average molecular weight is 441 g/mol. The summed E-state index contributed by atoms with van der Waals surface area (Å²) in [5.41, 5.74) is 3.53. The highest BCUT2D eigenvalue weighted by Gasteiger charge is 2.13. The van der Waals surface area contributed by atoms with E-state index in [4.69, 9.17) is 9.47 Å². The van der Waals surface area contributed by atoms with E-state index in [0.717, 1.165) is 16.7 Å². The molecule has 0 bridgehead atoms. The Balaban J connectivity index is 1.45. The highest BCUT2D eigenvalue weighted by molar-refractivity contribution is 7.12. The average Bonchev–Trinajstić information content (AvgIpc) is 3.39. The summed E-state index contributed by atoms with van der Waals surface area (Å²) >= 11 is 1.31. The first kappa shape index (κ1) is 21.3. The van der Waals surface area contributed by atoms with Gasteiger partial charge in [-0.2, -0.15) is 0 Å². The van der Waals surface area contributed by atoms with Gasteiger partial charge in [-0.05, 0) is 46.3 Å². The topological polar surface area (TPSA) is 52.6 Å². The summed E-state index contributed by atoms with van der Waals surface area (Å²) < 4.78 is 10.8. The number of thiophene rings is 1. The predicted molar refractivity (Wildman–Crippen MR) is 128 cm³/mol. The van der Waals surface area contributed by atoms with E-state index in [1.165, 1.54) is 24.5 Å². The molecular formula is C27H20O4S. The minimum absolute atomic E-state index is 0.100. The van der Waals surface area contributed by atoms with Gasteiger partial charge in [-0.15, -0.1) is 11.3 Å². The van der Waals surface area contributed by atoms with Crippen molar-refractivity contribution in [3.05, 3.63) is 112 Å². The third-order valence-electron chi connectivity index (χ3n) is 4.82. The second kappa shape index (κ2) is 9.90. The lowest BCUT2D eigenvalue weighted by Gasteiger charge is -2.09. The Morgan fingerprint density at radius 2 is 1.56 bits per heavy atom. The molecule has 0 aliphatic carbocycles. The molecule has 0 fully saturated rings. The van der Waals surface area contributed by atoms with Crippen LogP contribution in [0.3, 0.4) is 0 Å². The van der Waals surface area contributed by atoms with E-state index in [-0.39, 0.29) is 5.78 Å². The molecule has 0 aliphatic rings. The molecule has 32 heavy (non-hydrogen) atoms. The van der Waals surface area contributed by atoms with Gasteiger partial charge in [0.2, 0.25) is 0 Å². The Bertz CT molecular complexity index is 1240. The Labute approximate surface area is 190 Å². The molecule has 4 aromatic rings. The van der Waals surface area contributed by atoms with Crippen LogP contribution in [0.1, 0.15) is 25.6 Å². The zero-order chi connectivity index (χ0) is 22.3. The van der Waals surface area contributed by atoms with Crippen LogP contribution in [0, 0.1) is 0 Å². The number of allylic oxidation sites excluding steroid dienone is 1. The van der Waals surface area contributed by atoms with Crippen molar-refractivity contribution in [2.75, 3.05) is 7.11 Å². The molecule has 1 aromatic heterocycles. The van der Waals surface area contributed by atoms with Crippen molar-refractivity contribution >= 4 is 29.2 Å². The summed E-state index contributed by atoms with van der Waals surface area (Å²) in [5, 5.41) is 1.81. The summed E-state index contributed by atoms with van der Waals surface area (Å²) in [6.07, 6.45) is 3.23. The Morgan fingerprint density at radius 1 is 0.812 bits per heavy atom. The molecular weight excluding hydrogens is 420 g/mol. The molecule has 0 amide bonds. The maximum absolute atomic E-state index is 12.6. The molecule has 0 spiro atoms. The second-order valence-electron chi connectivity index (χ2n) is 6.92. The fourth-order valence-corrected chi connectivity index (χ4v) is 3.74. The molecule has 0 unspecified atom stereocenters. The van der Waals surface area contributed by atoms with Crippen LogP contribution in [0.25, 0.3) is 17.2 Å². The predicted octanol–water partition coefficient (Wildman–Crippen LogP) is 6.54. The van der Waals surface area contributed by atoms with Crippen LogP contribution in [0.4, 0.5) is 0 Å². The molecule has 158 valence electrons. The van der Waals surface area contributed by atoms with Crippen molar-refractivity contribution in [3.63, 3.8) is 0 Å². The normalized spacial score (nSPS) is 10.8. The van der Waals surface area contributed by atoms with Gasteiger partial charge in [0.15, 0.2) is 17.3 Å². The van der Waals surface area contributed by atoms with Gasteiger partial charge in [-0.25, -0.2) is 4.79 Å². The molecule has 0 radical (unpaired) electrons. The summed E-state index contributed by atoms with van der Waals surface area (Å²) in [6, 6.07) is 26.2. The Kier molecular flexibility index (Phi) is 6.58. The highest BCUT2D eigenvalue weighted by atomic mass is 32.1. The van der Waals surface area contributed by atoms with Gasteiger partial charge >= 0.3 is 5.97 Å². The standard InChI is InChI=1S/C27H20O4S/c1-30-25-18-19(10-16-24(25)31-27(29)26-8-5-17-32-26)9-15-23(28)22-13-11-21(12-14-22)20-6-3-2-4-7-20/h2-18H,1H3. The number of methoxy groups -OCH3 is 1. The maximum Gasteiger partial charge on any atom is 0.353 e. The zero-order valence-corrected chi connectivity index (χ0v) is 18.2. The summed E-state index contributed by atoms with van der Waals surface area (Å²) in [6.45, 7) is 0. The summed E-state index contributed by atoms with van der Waals surface area (Å²) in [4.78, 5) is 25.3. The van der Waals surface area contributed by atoms with Gasteiger partial charge in [0, 0.05) is 5.56 Å². The molecule has 0 N–H and O–H groups in total. The lowest BCUT2D eigenvalue weighted by Crippen LogP contribution is -2.07. The van der Waals surface area contributed by atoms with Crippen LogP contribution < -0.4 is 9.47 Å². The number of ether oxygens (including phenoxy) is 2. The van der Waals surface area contributed by atoms with E-state index < -0.39 is 5.97 Å². The molecule has 3 aromatic carbocycles. The molecule has 0 saturated carbocycles. The summed E-state index contributed by atoms with van der Waals surface area (Å²) in [5.74, 6) is 0.204. The molecule has 4 rings (SSSR count). The van der Waals surface area contributed by atoms with Gasteiger partial charge in [-0.3, -0.25) is 4.79 Å². The van der Waals surface area contributed by atoms with Gasteiger partial charge in [-0.1, -0.05) is 72.8 Å². The van der Waals surface area contributed by atoms with Gasteiger partial charge < -0.3 is 9.47 Å². The van der Waals surface area contributed by atoms with Gasteiger partial charge in [0.1, 0.15) is 4.88 Å². The first-order valence-electron chi connectivity index (χ1n) is 9.95. The first-order chi connectivity index (χ1) is 15.6. The van der Waals surface area contributed by atoms with Gasteiger partial charge in [0.05, 0.1) is 7.11 Å². The number of carbonyl (C=O) groups excluding carboxylic acids is 2. The first-order valence-corrected chi connectivity index (χ1v) is 10.8. The molecule has 0 atom stereocenters. The zero-order valence-electron chi connectivity index (χ0n) is 17.4. The van der Waals surface area contributed by atoms with Crippen molar-refractivity contribution < 1.29 is 19.1 Å². The van der Waals surface area contributed by atoms with E-state index in [1.54, 1.807) is 36.4 Å². The fourth-order valence-electron chi connectivity index (χ4n) is 3.14. The number of carbonyl (C=O) groups is 2. The summed E-state index contributed by atoms with van der Waals surface area (Å²) in [7, 11) is 1.50. The van der Waals surface area contributed by atoms with Crippen LogP contribution in [-0.2, 0) is 0 Å². The van der Waals surface area contributed by atoms with E-state index in [1.807, 2.05) is 60.0 Å². The van der Waals surface area contributed by atoms with Crippen molar-refractivity contribution in [2.24, 2.45) is 0 Å². The number of rotatable bonds is 7. The van der Waals surface area contributed by atoms with E-state index >= 15 is 0 Å². The Morgan fingerprint density at radius 3 is 2.25 bits per heavy atom. The quantitative estimate of drug-likeness (QED) is 0.142. The molecule has 1 heterocycles. The van der Waals surface area contributed by atoms with E-state index in [0.29, 0.717) is 21.9 Å². The third-order valence-corrected chi connectivity index (χ3v) is 5.67. The van der Waals surface area contributed by atoms with Gasteiger partial charge in [0.25, 0.3) is 0 Å². The smallest absolute Gasteiger partial charge is 0.353 e. The minimum Gasteiger partial charge on any atom is -0.493 e. The van der Waals surface area contributed by atoms with Crippen LogP contribution in [0.15, 0.2) is 96.4 Å². The Hall–Kier alpha value is -3.96. The molecule has 4 nitrogen and oxygen atoms in total. The van der Waals surface area contributed by atoms with Crippen LogP contribution in [0.2, 0.25) is 0 Å². The van der Waals surface area contributed by atoms with Crippen LogP contribution >= 0.6 is 11.3 Å². The molecule has 5 heteroatoms. The number of hydrogen-bond acceptors (Lipinski definition) is 5. The van der Waals surface area contributed by atoms with Crippen molar-refractivity contribution in [2.45, 2.75) is 0 Å². The minimum atomic E-state index is -0.435. The third kappa shape index (κ3) is 5.02. The fraction of sp³-hybridized carbons (Fsp3) is 0.0370. The SMILES string of the molecule is COc1cc(C=CC(=O)c2ccc(-c3ccccc3)cc2)ccc1OC(=O)c1cccs1. The van der Waals surface area contributed by atoms with Crippen molar-refractivity contribution in [3.8, 4) is 22.6 Å². The van der Waals surface area contributed by atoms with E-state index in [9.17, 15) is 9.59 Å². The molecule has 0 saturated heterocycles. The van der Waals surface area contributed by atoms with E-state index in [2.05, 4.69) is 0 Å².